The lowest BCUT2D eigenvalue weighted by molar-refractivity contribution is -0.0307. The number of morpholine rings is 1. The second-order valence-electron chi connectivity index (χ2n) is 5.94. The van der Waals surface area contributed by atoms with Gasteiger partial charge in [-0.1, -0.05) is 0 Å². The van der Waals surface area contributed by atoms with Gasteiger partial charge in [-0.15, -0.1) is 0 Å². The van der Waals surface area contributed by atoms with Gasteiger partial charge in [0.15, 0.2) is 0 Å². The molecule has 3 heterocycles. The molecular weight excluding hydrogens is 304 g/mol. The molecule has 0 bridgehead atoms. The van der Waals surface area contributed by atoms with E-state index in [0.717, 1.165) is 23.6 Å². The molecule has 2 aliphatic heterocycles. The standard InChI is InChI=1S/C15H19ClN4O2/c1-10-8-21-7-6-20(10)13-11-9-22-15(2,4-3-5-17)12(11)18-14(16)19-13/h10H,3-4,6-9H2,1-2H3/t10-,15?/m0/s1. The Morgan fingerprint density at radius 3 is 3.05 bits per heavy atom. The van der Waals surface area contributed by atoms with Gasteiger partial charge in [0.25, 0.3) is 0 Å². The highest BCUT2D eigenvalue weighted by Gasteiger charge is 2.40. The lowest BCUT2D eigenvalue weighted by Gasteiger charge is -2.35. The van der Waals surface area contributed by atoms with Crippen LogP contribution in [0.4, 0.5) is 5.82 Å². The Labute approximate surface area is 135 Å². The fraction of sp³-hybridized carbons (Fsp3) is 0.667. The number of nitrogens with zero attached hydrogens (tertiary/aromatic N) is 4. The Morgan fingerprint density at radius 1 is 1.50 bits per heavy atom. The topological polar surface area (TPSA) is 71.3 Å². The van der Waals surface area contributed by atoms with Crippen molar-refractivity contribution in [3.8, 4) is 6.07 Å². The largest absolute Gasteiger partial charge is 0.377 e. The van der Waals surface area contributed by atoms with Crippen LogP contribution in [0, 0.1) is 11.3 Å². The summed E-state index contributed by atoms with van der Waals surface area (Å²) in [5.74, 6) is 0.839. The molecule has 7 heteroatoms. The summed E-state index contributed by atoms with van der Waals surface area (Å²) >= 11 is 6.16. The van der Waals surface area contributed by atoms with Crippen LogP contribution in [0.5, 0.6) is 0 Å². The van der Waals surface area contributed by atoms with Crippen molar-refractivity contribution in [1.82, 2.24) is 9.97 Å². The number of fused-ring (bicyclic) bond motifs is 1. The van der Waals surface area contributed by atoms with Gasteiger partial charge in [-0.25, -0.2) is 9.97 Å². The third kappa shape index (κ3) is 2.65. The van der Waals surface area contributed by atoms with E-state index in [0.29, 0.717) is 32.7 Å². The summed E-state index contributed by atoms with van der Waals surface area (Å²) in [5.41, 5.74) is 1.23. The maximum absolute atomic E-state index is 8.85. The summed E-state index contributed by atoms with van der Waals surface area (Å²) in [6.45, 7) is 6.64. The van der Waals surface area contributed by atoms with Crippen LogP contribution in [-0.4, -0.2) is 35.8 Å². The molecule has 0 aliphatic carbocycles. The number of ether oxygens (including phenoxy) is 2. The number of anilines is 1. The first-order valence-electron chi connectivity index (χ1n) is 7.47. The number of halogens is 1. The molecule has 0 saturated carbocycles. The maximum atomic E-state index is 8.85. The van der Waals surface area contributed by atoms with Crippen molar-refractivity contribution in [3.63, 3.8) is 0 Å². The van der Waals surface area contributed by atoms with Gasteiger partial charge < -0.3 is 14.4 Å². The van der Waals surface area contributed by atoms with Crippen LogP contribution in [0.15, 0.2) is 0 Å². The highest BCUT2D eigenvalue weighted by Crippen LogP contribution is 2.42. The lowest BCUT2D eigenvalue weighted by Crippen LogP contribution is -2.44. The minimum atomic E-state index is -0.568. The molecule has 2 atom stereocenters. The highest BCUT2D eigenvalue weighted by molar-refractivity contribution is 6.28. The molecule has 1 fully saturated rings. The van der Waals surface area contributed by atoms with Gasteiger partial charge in [0.1, 0.15) is 11.4 Å². The van der Waals surface area contributed by atoms with Crippen LogP contribution in [0.25, 0.3) is 0 Å². The molecule has 118 valence electrons. The van der Waals surface area contributed by atoms with Crippen LogP contribution < -0.4 is 4.90 Å². The lowest BCUT2D eigenvalue weighted by atomic mass is 9.95. The van der Waals surface area contributed by atoms with E-state index < -0.39 is 5.60 Å². The smallest absolute Gasteiger partial charge is 0.224 e. The number of nitriles is 1. The van der Waals surface area contributed by atoms with Crippen molar-refractivity contribution in [1.29, 1.82) is 5.26 Å². The molecule has 1 aromatic rings. The molecule has 2 aliphatic rings. The summed E-state index contributed by atoms with van der Waals surface area (Å²) in [7, 11) is 0. The Kier molecular flexibility index (Phi) is 4.22. The van der Waals surface area contributed by atoms with Crippen LogP contribution >= 0.6 is 11.6 Å². The predicted octanol–water partition coefficient (Wildman–Crippen LogP) is 2.40. The maximum Gasteiger partial charge on any atom is 0.224 e. The summed E-state index contributed by atoms with van der Waals surface area (Å²) < 4.78 is 11.5. The molecule has 0 amide bonds. The van der Waals surface area contributed by atoms with E-state index in [2.05, 4.69) is 27.9 Å². The molecular formula is C15H19ClN4O2. The minimum Gasteiger partial charge on any atom is -0.377 e. The molecule has 0 N–H and O–H groups in total. The van der Waals surface area contributed by atoms with Crippen molar-refractivity contribution < 1.29 is 9.47 Å². The Bertz CT molecular complexity index is 618. The predicted molar refractivity (Wildman–Crippen MR) is 81.7 cm³/mol. The summed E-state index contributed by atoms with van der Waals surface area (Å²) in [5, 5.41) is 9.07. The first-order valence-corrected chi connectivity index (χ1v) is 7.85. The van der Waals surface area contributed by atoms with Gasteiger partial charge in [-0.05, 0) is 31.9 Å². The second-order valence-corrected chi connectivity index (χ2v) is 6.28. The zero-order valence-electron chi connectivity index (χ0n) is 12.8. The van der Waals surface area contributed by atoms with E-state index in [1.165, 1.54) is 0 Å². The second kappa shape index (κ2) is 5.99. The van der Waals surface area contributed by atoms with Gasteiger partial charge in [-0.2, -0.15) is 5.26 Å². The average Bonchev–Trinajstić information content (AvgIpc) is 2.83. The SMILES string of the molecule is C[C@H]1COCCN1c1nc(Cl)nc2c1COC2(C)CCC#N. The van der Waals surface area contributed by atoms with Crippen LogP contribution in [0.3, 0.4) is 0 Å². The first-order chi connectivity index (χ1) is 10.5. The molecule has 0 radical (unpaired) electrons. The van der Waals surface area contributed by atoms with E-state index in [1.807, 2.05) is 6.92 Å². The quantitative estimate of drug-likeness (QED) is 0.796. The Morgan fingerprint density at radius 2 is 2.32 bits per heavy atom. The zero-order valence-corrected chi connectivity index (χ0v) is 13.6. The van der Waals surface area contributed by atoms with E-state index in [1.54, 1.807) is 0 Å². The molecule has 1 saturated heterocycles. The molecule has 6 nitrogen and oxygen atoms in total. The first kappa shape index (κ1) is 15.5. The molecule has 1 aromatic heterocycles. The van der Waals surface area contributed by atoms with Gasteiger partial charge in [0.05, 0.1) is 37.6 Å². The number of rotatable bonds is 3. The van der Waals surface area contributed by atoms with Crippen molar-refractivity contribution in [2.45, 2.75) is 44.9 Å². The van der Waals surface area contributed by atoms with E-state index in [9.17, 15) is 0 Å². The van der Waals surface area contributed by atoms with Gasteiger partial charge in [0, 0.05) is 18.5 Å². The van der Waals surface area contributed by atoms with E-state index in [-0.39, 0.29) is 11.3 Å². The minimum absolute atomic E-state index is 0.223. The summed E-state index contributed by atoms with van der Waals surface area (Å²) in [4.78, 5) is 11.1. The molecule has 3 rings (SSSR count). The van der Waals surface area contributed by atoms with E-state index >= 15 is 0 Å². The third-order valence-electron chi connectivity index (χ3n) is 4.35. The zero-order chi connectivity index (χ0) is 15.7. The fourth-order valence-corrected chi connectivity index (χ4v) is 3.24. The Balaban J connectivity index is 2.01. The van der Waals surface area contributed by atoms with Crippen LogP contribution in [0.2, 0.25) is 5.28 Å². The average molecular weight is 323 g/mol. The summed E-state index contributed by atoms with van der Waals surface area (Å²) in [6.07, 6.45) is 1.02. The van der Waals surface area contributed by atoms with Crippen LogP contribution in [-0.2, 0) is 21.7 Å². The summed E-state index contributed by atoms with van der Waals surface area (Å²) in [6, 6.07) is 2.40. The van der Waals surface area contributed by atoms with Crippen molar-refractivity contribution in [2.24, 2.45) is 0 Å². The van der Waals surface area contributed by atoms with Gasteiger partial charge >= 0.3 is 0 Å². The molecule has 0 spiro atoms. The van der Waals surface area contributed by atoms with Crippen molar-refractivity contribution in [3.05, 3.63) is 16.5 Å². The number of hydrogen-bond acceptors (Lipinski definition) is 6. The van der Waals surface area contributed by atoms with Crippen molar-refractivity contribution >= 4 is 17.4 Å². The normalized spacial score (nSPS) is 27.5. The fourth-order valence-electron chi connectivity index (χ4n) is 3.08. The third-order valence-corrected chi connectivity index (χ3v) is 4.52. The van der Waals surface area contributed by atoms with Crippen molar-refractivity contribution in [2.75, 3.05) is 24.7 Å². The van der Waals surface area contributed by atoms with E-state index in [4.69, 9.17) is 26.3 Å². The van der Waals surface area contributed by atoms with Gasteiger partial charge in [0.2, 0.25) is 5.28 Å². The molecule has 22 heavy (non-hydrogen) atoms. The Hall–Kier alpha value is -1.42. The number of hydrogen-bond donors (Lipinski definition) is 0. The monoisotopic (exact) mass is 322 g/mol. The molecule has 0 aromatic carbocycles. The van der Waals surface area contributed by atoms with Gasteiger partial charge in [-0.3, -0.25) is 0 Å². The number of aromatic nitrogens is 2. The molecule has 1 unspecified atom stereocenters. The van der Waals surface area contributed by atoms with Crippen LogP contribution in [0.1, 0.15) is 37.9 Å². The highest BCUT2D eigenvalue weighted by atomic mass is 35.5.